The molecule has 6 N–H and O–H groups in total. The van der Waals surface area contributed by atoms with E-state index in [0.717, 1.165) is 5.56 Å². The lowest BCUT2D eigenvalue weighted by atomic mass is 9.70. The molecule has 1 saturated carbocycles. The normalized spacial score (nSPS) is 25.3. The van der Waals surface area contributed by atoms with Crippen molar-refractivity contribution >= 4 is 11.8 Å². The summed E-state index contributed by atoms with van der Waals surface area (Å²) in [6, 6.07) is 9.56. The summed E-state index contributed by atoms with van der Waals surface area (Å²) in [4.78, 5) is 23.4. The molecule has 2 rings (SSSR count). The van der Waals surface area contributed by atoms with Crippen LogP contribution in [0.1, 0.15) is 37.7 Å². The molecule has 7 heteroatoms. The van der Waals surface area contributed by atoms with Gasteiger partial charge in [-0.2, -0.15) is 0 Å². The molecular formula is C19H27N2O5. The molecule has 2 unspecified atom stereocenters. The Bertz CT molecular complexity index is 599. The first-order valence-corrected chi connectivity index (χ1v) is 8.86. The first-order valence-electron chi connectivity index (χ1n) is 8.86. The maximum atomic E-state index is 12.1. The van der Waals surface area contributed by atoms with Crippen molar-refractivity contribution < 1.29 is 25.0 Å². The van der Waals surface area contributed by atoms with Gasteiger partial charge in [-0.15, -0.1) is 0 Å². The molecule has 26 heavy (non-hydrogen) atoms. The van der Waals surface area contributed by atoms with Crippen LogP contribution in [0.4, 0.5) is 0 Å². The van der Waals surface area contributed by atoms with Gasteiger partial charge in [0.05, 0.1) is 17.6 Å². The van der Waals surface area contributed by atoms with E-state index in [1.807, 2.05) is 30.3 Å². The van der Waals surface area contributed by atoms with E-state index in [9.17, 15) is 19.8 Å². The summed E-state index contributed by atoms with van der Waals surface area (Å²) in [5.74, 6) is -2.45. The zero-order valence-electron chi connectivity index (χ0n) is 14.7. The highest BCUT2D eigenvalue weighted by molar-refractivity contribution is 5.79. The number of rotatable bonds is 8. The molecule has 7 nitrogen and oxygen atoms in total. The van der Waals surface area contributed by atoms with Gasteiger partial charge in [0.2, 0.25) is 11.8 Å². The number of nitrogens with one attached hydrogen (secondary N) is 1. The lowest BCUT2D eigenvalue weighted by molar-refractivity contribution is -0.150. The van der Waals surface area contributed by atoms with Crippen LogP contribution in [0, 0.1) is 18.3 Å². The van der Waals surface area contributed by atoms with Gasteiger partial charge < -0.3 is 15.9 Å². The number of aliphatic hydroxyl groups is 2. The maximum Gasteiger partial charge on any atom is 0.249 e. The van der Waals surface area contributed by atoms with Crippen LogP contribution in [0.5, 0.6) is 0 Å². The first-order chi connectivity index (χ1) is 12.4. The second-order valence-electron chi connectivity index (χ2n) is 7.04. The van der Waals surface area contributed by atoms with E-state index in [0.29, 0.717) is 19.3 Å². The summed E-state index contributed by atoms with van der Waals surface area (Å²) in [7, 11) is 0. The summed E-state index contributed by atoms with van der Waals surface area (Å²) < 4.78 is 0. The molecule has 0 bridgehead atoms. The van der Waals surface area contributed by atoms with E-state index < -0.39 is 29.4 Å². The van der Waals surface area contributed by atoms with Crippen LogP contribution in [0.3, 0.4) is 0 Å². The highest BCUT2D eigenvalue weighted by Gasteiger charge is 2.45. The molecule has 0 heterocycles. The van der Waals surface area contributed by atoms with Crippen LogP contribution in [0.15, 0.2) is 30.3 Å². The van der Waals surface area contributed by atoms with Crippen molar-refractivity contribution in [2.75, 3.05) is 0 Å². The number of hydrogen-bond acceptors (Lipinski definition) is 5. The average Bonchev–Trinajstić information content (AvgIpc) is 2.65. The Balaban J connectivity index is 1.98. The first kappa shape index (κ1) is 20.4. The zero-order chi connectivity index (χ0) is 19.2. The van der Waals surface area contributed by atoms with Gasteiger partial charge in [-0.3, -0.25) is 14.8 Å². The second-order valence-corrected chi connectivity index (χ2v) is 7.04. The minimum Gasteiger partial charge on any atom is -0.393 e. The standard InChI is InChI=1S/C19H27N2O5/c20-17(23)14-8-10-19(25,11-9-14)16(18(24)21-26)12-15(22)7-6-13-4-2-1-3-5-13/h1-5,7,14-16,22,25-26H,6,8-12H2,(H2,20,23)(H,21,24). The van der Waals surface area contributed by atoms with Crippen molar-refractivity contribution in [3.63, 3.8) is 0 Å². The summed E-state index contributed by atoms with van der Waals surface area (Å²) in [5, 5.41) is 30.3. The molecule has 1 radical (unpaired) electrons. The predicted octanol–water partition coefficient (Wildman–Crippen LogP) is 0.713. The van der Waals surface area contributed by atoms with Gasteiger partial charge >= 0.3 is 0 Å². The average molecular weight is 363 g/mol. The highest BCUT2D eigenvalue weighted by atomic mass is 16.5. The monoisotopic (exact) mass is 363 g/mol. The van der Waals surface area contributed by atoms with Gasteiger partial charge in [-0.25, -0.2) is 5.48 Å². The number of nitrogens with two attached hydrogens (primary N) is 1. The number of carbonyl (C=O) groups excluding carboxylic acids is 2. The van der Waals surface area contributed by atoms with Gasteiger partial charge in [-0.05, 0) is 50.5 Å². The van der Waals surface area contributed by atoms with E-state index in [1.54, 1.807) is 11.9 Å². The van der Waals surface area contributed by atoms with Gasteiger partial charge in [0, 0.05) is 5.92 Å². The summed E-state index contributed by atoms with van der Waals surface area (Å²) in [6.07, 6.45) is 2.44. The van der Waals surface area contributed by atoms with E-state index >= 15 is 0 Å². The predicted molar refractivity (Wildman–Crippen MR) is 94.6 cm³/mol. The lowest BCUT2D eigenvalue weighted by Gasteiger charge is -2.40. The Labute approximate surface area is 153 Å². The fourth-order valence-electron chi connectivity index (χ4n) is 3.62. The topological polar surface area (TPSA) is 133 Å². The molecule has 0 aromatic heterocycles. The summed E-state index contributed by atoms with van der Waals surface area (Å²) in [6.45, 7) is 0. The SMILES string of the molecule is NC(=O)C1CCC(O)(C(CC(O)[CH]Cc2ccccc2)C(=O)NO)CC1. The third-order valence-electron chi connectivity index (χ3n) is 5.27. The number of amides is 2. The third kappa shape index (κ3) is 5.27. The lowest BCUT2D eigenvalue weighted by Crippen LogP contribution is -2.50. The molecule has 1 aliphatic carbocycles. The molecule has 143 valence electrons. The second kappa shape index (κ2) is 9.12. The van der Waals surface area contributed by atoms with Gasteiger partial charge in [-0.1, -0.05) is 30.3 Å². The minimum absolute atomic E-state index is 0.0169. The Morgan fingerprint density at radius 2 is 1.88 bits per heavy atom. The smallest absolute Gasteiger partial charge is 0.249 e. The number of aliphatic hydroxyl groups excluding tert-OH is 1. The highest BCUT2D eigenvalue weighted by Crippen LogP contribution is 2.39. The Hall–Kier alpha value is -1.96. The van der Waals surface area contributed by atoms with Gasteiger partial charge in [0.25, 0.3) is 0 Å². The third-order valence-corrected chi connectivity index (χ3v) is 5.27. The van der Waals surface area contributed by atoms with Crippen LogP contribution < -0.4 is 11.2 Å². The number of carbonyl (C=O) groups is 2. The summed E-state index contributed by atoms with van der Waals surface area (Å²) >= 11 is 0. The minimum atomic E-state index is -1.39. The molecular weight excluding hydrogens is 336 g/mol. The Kier molecular flexibility index (Phi) is 7.14. The van der Waals surface area contributed by atoms with E-state index in [-0.39, 0.29) is 25.2 Å². The molecule has 1 aliphatic rings. The Morgan fingerprint density at radius 3 is 2.42 bits per heavy atom. The van der Waals surface area contributed by atoms with E-state index in [4.69, 9.17) is 10.9 Å². The van der Waals surface area contributed by atoms with Crippen LogP contribution in [0.2, 0.25) is 0 Å². The molecule has 0 spiro atoms. The number of primary amides is 1. The fraction of sp³-hybridized carbons (Fsp3) is 0.526. The quantitative estimate of drug-likeness (QED) is 0.343. The van der Waals surface area contributed by atoms with Crippen LogP contribution >= 0.6 is 0 Å². The van der Waals surface area contributed by atoms with Crippen molar-refractivity contribution in [3.8, 4) is 0 Å². The Morgan fingerprint density at radius 1 is 1.27 bits per heavy atom. The molecule has 0 aliphatic heterocycles. The molecule has 1 aromatic carbocycles. The van der Waals surface area contributed by atoms with Crippen LogP contribution in [-0.4, -0.2) is 38.9 Å². The molecule has 1 aromatic rings. The fourth-order valence-corrected chi connectivity index (χ4v) is 3.62. The van der Waals surface area contributed by atoms with E-state index in [1.165, 1.54) is 0 Å². The number of hydroxylamine groups is 1. The molecule has 0 saturated heterocycles. The molecule has 2 atom stereocenters. The van der Waals surface area contributed by atoms with Crippen LogP contribution in [0.25, 0.3) is 0 Å². The van der Waals surface area contributed by atoms with Crippen molar-refractivity contribution in [2.24, 2.45) is 17.6 Å². The van der Waals surface area contributed by atoms with Crippen molar-refractivity contribution in [1.29, 1.82) is 0 Å². The summed E-state index contributed by atoms with van der Waals surface area (Å²) in [5.41, 5.74) is 6.53. The zero-order valence-corrected chi connectivity index (χ0v) is 14.7. The largest absolute Gasteiger partial charge is 0.393 e. The number of hydrogen-bond donors (Lipinski definition) is 5. The van der Waals surface area contributed by atoms with Crippen molar-refractivity contribution in [1.82, 2.24) is 5.48 Å². The van der Waals surface area contributed by atoms with Crippen molar-refractivity contribution in [2.45, 2.75) is 50.2 Å². The molecule has 2 amide bonds. The maximum absolute atomic E-state index is 12.1. The number of benzene rings is 1. The van der Waals surface area contributed by atoms with Crippen LogP contribution in [-0.2, 0) is 16.0 Å². The van der Waals surface area contributed by atoms with Gasteiger partial charge in [0.1, 0.15) is 0 Å². The molecule has 1 fully saturated rings. The van der Waals surface area contributed by atoms with Crippen molar-refractivity contribution in [3.05, 3.63) is 42.3 Å². The van der Waals surface area contributed by atoms with E-state index in [2.05, 4.69) is 0 Å². The van der Waals surface area contributed by atoms with Gasteiger partial charge in [0.15, 0.2) is 0 Å².